The number of nitrogens with zero attached hydrogens (tertiary/aromatic N) is 2. The molecule has 7 nitrogen and oxygen atoms in total. The van der Waals surface area contributed by atoms with Gasteiger partial charge in [0, 0.05) is 11.6 Å². The molecule has 1 aliphatic rings. The number of hydrogen-bond acceptors (Lipinski definition) is 4. The molecule has 3 aromatic rings. The zero-order valence-electron chi connectivity index (χ0n) is 17.1. The van der Waals surface area contributed by atoms with Crippen LogP contribution in [0.2, 0.25) is 0 Å². The molecule has 1 aromatic heterocycles. The molecule has 0 fully saturated rings. The number of hydrogen-bond donors (Lipinski definition) is 2. The van der Waals surface area contributed by atoms with Gasteiger partial charge in [0.05, 0.1) is 16.7 Å². The number of ether oxygens (including phenoxy) is 1. The monoisotopic (exact) mass is 483 g/mol. The van der Waals surface area contributed by atoms with Crippen LogP contribution in [0.4, 0.5) is 4.79 Å². The Morgan fingerprint density at radius 2 is 1.71 bits per heavy atom. The number of rotatable bonds is 6. The quantitative estimate of drug-likeness (QED) is 0.546. The highest BCUT2D eigenvalue weighted by atomic mass is 79.9. The standard InChI is InChI=1S/C23H22BrN3O4/c1-13-21(24)14(2)27(26-13)11-20(22(28)29)25-23(30)31-12-19-17-9-5-3-7-15(17)16-8-4-6-10-18(16)19/h3-10,19-20H,11-12H2,1-2H3,(H,25,30)(H,28,29). The fourth-order valence-corrected chi connectivity index (χ4v) is 4.28. The molecular weight excluding hydrogens is 462 g/mol. The Morgan fingerprint density at radius 3 is 2.23 bits per heavy atom. The summed E-state index contributed by atoms with van der Waals surface area (Å²) in [7, 11) is 0. The maximum Gasteiger partial charge on any atom is 0.407 e. The third-order valence-corrected chi connectivity index (χ3v) is 6.73. The molecular formula is C23H22BrN3O4. The molecule has 0 spiro atoms. The lowest BCUT2D eigenvalue weighted by molar-refractivity contribution is -0.139. The van der Waals surface area contributed by atoms with Gasteiger partial charge in [0.25, 0.3) is 0 Å². The summed E-state index contributed by atoms with van der Waals surface area (Å²) < 4.78 is 7.84. The van der Waals surface area contributed by atoms with E-state index in [2.05, 4.69) is 38.5 Å². The predicted molar refractivity (Wildman–Crippen MR) is 119 cm³/mol. The second-order valence-corrected chi connectivity index (χ2v) is 8.32. The second kappa shape index (κ2) is 8.55. The van der Waals surface area contributed by atoms with Gasteiger partial charge >= 0.3 is 12.1 Å². The van der Waals surface area contributed by atoms with E-state index in [0.717, 1.165) is 38.1 Å². The Kier molecular flexibility index (Phi) is 5.82. The normalized spacial score (nSPS) is 13.4. The van der Waals surface area contributed by atoms with Crippen LogP contribution in [0.5, 0.6) is 0 Å². The molecule has 1 heterocycles. The second-order valence-electron chi connectivity index (χ2n) is 7.53. The van der Waals surface area contributed by atoms with Crippen molar-refractivity contribution in [1.82, 2.24) is 15.1 Å². The largest absolute Gasteiger partial charge is 0.480 e. The number of carbonyl (C=O) groups is 2. The lowest BCUT2D eigenvalue weighted by atomic mass is 9.98. The lowest BCUT2D eigenvalue weighted by Crippen LogP contribution is -2.44. The highest BCUT2D eigenvalue weighted by molar-refractivity contribution is 9.10. The van der Waals surface area contributed by atoms with Crippen LogP contribution in [-0.2, 0) is 16.1 Å². The fraction of sp³-hybridized carbons (Fsp3) is 0.261. The minimum Gasteiger partial charge on any atom is -0.480 e. The molecule has 0 aliphatic heterocycles. The van der Waals surface area contributed by atoms with E-state index in [4.69, 9.17) is 4.74 Å². The van der Waals surface area contributed by atoms with Gasteiger partial charge in [0.2, 0.25) is 0 Å². The van der Waals surface area contributed by atoms with E-state index in [1.54, 1.807) is 4.68 Å². The van der Waals surface area contributed by atoms with Gasteiger partial charge in [-0.25, -0.2) is 9.59 Å². The number of carboxylic acids is 1. The summed E-state index contributed by atoms with van der Waals surface area (Å²) in [6.07, 6.45) is -0.769. The summed E-state index contributed by atoms with van der Waals surface area (Å²) >= 11 is 3.42. The zero-order chi connectivity index (χ0) is 22.1. The molecule has 1 unspecified atom stereocenters. The SMILES string of the molecule is Cc1nn(CC(NC(=O)OCC2c3ccccc3-c3ccccc32)C(=O)O)c(C)c1Br. The van der Waals surface area contributed by atoms with E-state index in [1.807, 2.05) is 50.2 Å². The molecule has 1 atom stereocenters. The van der Waals surface area contributed by atoms with Crippen LogP contribution in [0.25, 0.3) is 11.1 Å². The first-order valence-corrected chi connectivity index (χ1v) is 10.7. The molecule has 8 heteroatoms. The summed E-state index contributed by atoms with van der Waals surface area (Å²) in [5.41, 5.74) is 6.00. The summed E-state index contributed by atoms with van der Waals surface area (Å²) in [6, 6.07) is 14.9. The molecule has 0 saturated heterocycles. The number of amides is 1. The van der Waals surface area contributed by atoms with Gasteiger partial charge in [0.15, 0.2) is 0 Å². The van der Waals surface area contributed by atoms with Crippen LogP contribution in [0.3, 0.4) is 0 Å². The van der Waals surface area contributed by atoms with Gasteiger partial charge in [0.1, 0.15) is 12.6 Å². The number of aromatic nitrogens is 2. The maximum atomic E-state index is 12.5. The smallest absolute Gasteiger partial charge is 0.407 e. The highest BCUT2D eigenvalue weighted by Gasteiger charge is 2.30. The average molecular weight is 484 g/mol. The molecule has 2 aromatic carbocycles. The highest BCUT2D eigenvalue weighted by Crippen LogP contribution is 2.44. The van der Waals surface area contributed by atoms with Gasteiger partial charge < -0.3 is 15.2 Å². The van der Waals surface area contributed by atoms with E-state index in [9.17, 15) is 14.7 Å². The number of fused-ring (bicyclic) bond motifs is 3. The Hall–Kier alpha value is -3.13. The number of nitrogens with one attached hydrogen (secondary N) is 1. The zero-order valence-corrected chi connectivity index (χ0v) is 18.7. The number of alkyl carbamates (subject to hydrolysis) is 1. The fourth-order valence-electron chi connectivity index (χ4n) is 3.99. The van der Waals surface area contributed by atoms with Crippen molar-refractivity contribution in [3.8, 4) is 11.1 Å². The van der Waals surface area contributed by atoms with Crippen LogP contribution in [0, 0.1) is 13.8 Å². The third kappa shape index (κ3) is 4.07. The number of carboxylic acid groups (broad SMARTS) is 1. The minimum atomic E-state index is -1.17. The van der Waals surface area contributed by atoms with Crippen molar-refractivity contribution in [1.29, 1.82) is 0 Å². The molecule has 0 radical (unpaired) electrons. The molecule has 0 bridgehead atoms. The van der Waals surface area contributed by atoms with E-state index in [1.165, 1.54) is 0 Å². The number of aryl methyl sites for hydroxylation is 1. The van der Waals surface area contributed by atoms with Crippen molar-refractivity contribution in [2.45, 2.75) is 32.4 Å². The Labute approximate surface area is 188 Å². The Morgan fingerprint density at radius 1 is 1.13 bits per heavy atom. The topological polar surface area (TPSA) is 93.5 Å². The van der Waals surface area contributed by atoms with Gasteiger partial charge in [-0.3, -0.25) is 4.68 Å². The van der Waals surface area contributed by atoms with Gasteiger partial charge in [-0.15, -0.1) is 0 Å². The van der Waals surface area contributed by atoms with Crippen LogP contribution in [0.1, 0.15) is 28.4 Å². The number of benzene rings is 2. The van der Waals surface area contributed by atoms with Crippen molar-refractivity contribution >= 4 is 28.0 Å². The number of aliphatic carboxylic acids is 1. The Bertz CT molecular complexity index is 1110. The summed E-state index contributed by atoms with van der Waals surface area (Å²) in [6.45, 7) is 3.77. The molecule has 1 amide bonds. The van der Waals surface area contributed by atoms with Crippen molar-refractivity contribution in [3.63, 3.8) is 0 Å². The van der Waals surface area contributed by atoms with E-state index < -0.39 is 18.1 Å². The van der Waals surface area contributed by atoms with Crippen LogP contribution < -0.4 is 5.32 Å². The van der Waals surface area contributed by atoms with Crippen LogP contribution in [0.15, 0.2) is 53.0 Å². The summed E-state index contributed by atoms with van der Waals surface area (Å²) in [5, 5.41) is 16.3. The summed E-state index contributed by atoms with van der Waals surface area (Å²) in [5.74, 6) is -1.24. The first-order valence-electron chi connectivity index (χ1n) is 9.90. The van der Waals surface area contributed by atoms with Crippen molar-refractivity contribution in [2.24, 2.45) is 0 Å². The molecule has 31 heavy (non-hydrogen) atoms. The van der Waals surface area contributed by atoms with Gasteiger partial charge in [-0.1, -0.05) is 48.5 Å². The molecule has 0 saturated carbocycles. The van der Waals surface area contributed by atoms with Gasteiger partial charge in [-0.05, 0) is 52.0 Å². The van der Waals surface area contributed by atoms with Crippen molar-refractivity contribution in [2.75, 3.05) is 6.61 Å². The minimum absolute atomic E-state index is 0.00218. The first-order chi connectivity index (χ1) is 14.9. The molecule has 1 aliphatic carbocycles. The average Bonchev–Trinajstić information content (AvgIpc) is 3.21. The summed E-state index contributed by atoms with van der Waals surface area (Å²) in [4.78, 5) is 24.2. The van der Waals surface area contributed by atoms with Crippen molar-refractivity contribution in [3.05, 3.63) is 75.5 Å². The molecule has 4 rings (SSSR count). The van der Waals surface area contributed by atoms with Crippen molar-refractivity contribution < 1.29 is 19.4 Å². The maximum absolute atomic E-state index is 12.5. The van der Waals surface area contributed by atoms with Crippen LogP contribution >= 0.6 is 15.9 Å². The van der Waals surface area contributed by atoms with E-state index >= 15 is 0 Å². The Balaban J connectivity index is 1.45. The van der Waals surface area contributed by atoms with E-state index in [-0.39, 0.29) is 19.1 Å². The lowest BCUT2D eigenvalue weighted by Gasteiger charge is -2.18. The number of halogens is 1. The molecule has 2 N–H and O–H groups in total. The van der Waals surface area contributed by atoms with Gasteiger partial charge in [-0.2, -0.15) is 5.10 Å². The van der Waals surface area contributed by atoms with Crippen LogP contribution in [-0.4, -0.2) is 39.6 Å². The molecule has 160 valence electrons. The van der Waals surface area contributed by atoms with E-state index in [0.29, 0.717) is 0 Å². The predicted octanol–water partition coefficient (Wildman–Crippen LogP) is 4.25. The first kappa shape index (κ1) is 21.1. The number of carbonyl (C=O) groups excluding carboxylic acids is 1. The third-order valence-electron chi connectivity index (χ3n) is 5.58.